The van der Waals surface area contributed by atoms with Gasteiger partial charge in [0.15, 0.2) is 0 Å². The Morgan fingerprint density at radius 1 is 0.527 bits per heavy atom. The highest BCUT2D eigenvalue weighted by Crippen LogP contribution is 2.61. The van der Waals surface area contributed by atoms with Gasteiger partial charge in [0, 0.05) is 52.4 Å². The second kappa shape index (κ2) is 29.1. The van der Waals surface area contributed by atoms with Crippen LogP contribution in [0.5, 0.6) is 11.5 Å². The van der Waals surface area contributed by atoms with E-state index in [0.717, 1.165) is 104 Å². The lowest BCUT2D eigenvalue weighted by molar-refractivity contribution is 0.316. The van der Waals surface area contributed by atoms with Gasteiger partial charge in [-0.15, -0.1) is 0 Å². The number of phenols is 1. The average molecular weight is 1240 g/mol. The Labute approximate surface area is 555 Å². The number of ether oxygens (including phenoxy) is 1. The molecular formula is C87H92N2O3Si. The molecule has 1 aliphatic heterocycles. The van der Waals surface area contributed by atoms with Crippen molar-refractivity contribution < 1.29 is 14.9 Å². The molecule has 0 radical (unpaired) electrons. The second-order valence-electron chi connectivity index (χ2n) is 27.1. The van der Waals surface area contributed by atoms with Crippen molar-refractivity contribution in [2.24, 2.45) is 11.8 Å². The predicted molar refractivity (Wildman–Crippen MR) is 397 cm³/mol. The van der Waals surface area contributed by atoms with E-state index in [1.54, 1.807) is 0 Å². The lowest BCUT2D eigenvalue weighted by atomic mass is 9.69. The van der Waals surface area contributed by atoms with E-state index in [-0.39, 0.29) is 11.5 Å². The van der Waals surface area contributed by atoms with E-state index in [4.69, 9.17) is 4.74 Å². The molecule has 472 valence electrons. The van der Waals surface area contributed by atoms with E-state index in [1.165, 1.54) is 39.4 Å². The maximum absolute atomic E-state index is 11.8. The highest BCUT2D eigenvalue weighted by atomic mass is 28.3. The number of phenolic OH excluding ortho intramolecular Hbond substituents is 1. The lowest BCUT2D eigenvalue weighted by Gasteiger charge is -2.34. The molecule has 2 N–H and O–H groups in total. The second-order valence-corrected chi connectivity index (χ2v) is 32.4. The van der Waals surface area contributed by atoms with Gasteiger partial charge in [-0.05, 0) is 219 Å². The van der Waals surface area contributed by atoms with Crippen molar-refractivity contribution in [2.75, 3.05) is 16.4 Å². The summed E-state index contributed by atoms with van der Waals surface area (Å²) in [7, 11) is -1.16. The molecule has 0 spiro atoms. The van der Waals surface area contributed by atoms with Crippen molar-refractivity contribution in [3.8, 4) is 33.8 Å². The Balaban J connectivity index is 0.898. The van der Waals surface area contributed by atoms with Crippen LogP contribution in [0.25, 0.3) is 22.3 Å². The molecule has 0 amide bonds. The van der Waals surface area contributed by atoms with Crippen molar-refractivity contribution in [1.82, 2.24) is 0 Å². The number of anilines is 6. The monoisotopic (exact) mass is 1240 g/mol. The molecule has 1 heterocycles. The van der Waals surface area contributed by atoms with Gasteiger partial charge in [0.05, 0.1) is 14.7 Å². The van der Waals surface area contributed by atoms with Gasteiger partial charge in [0.25, 0.3) is 0 Å². The van der Waals surface area contributed by atoms with Crippen molar-refractivity contribution >= 4 is 42.2 Å². The SMILES string of the molecule is C=C(O)/C(=C\C(=C/C)C(C)(c1ccc(OCCC[Si]2(C)C(C)C2C)cc1)c1ccc(O)c(Cc2ccc(N(c3ccc(CC(C)C)cc3)c3ccc(-c4ccccc4)cc3)cc2)c1)Cc1ccc(N(c2ccc(CC(C)C)cc2)c2ccc(-c3ccccc3)cc2)cc1. The molecule has 10 aromatic carbocycles. The minimum Gasteiger partial charge on any atom is -0.508 e. The fraction of sp³-hybridized carbons (Fsp3) is 0.241. The standard InChI is InChI=1S/C87H92N2O3Si/c1-11-76(59-74(63(6)90)57-68-27-42-81(43-28-68)88(79-38-23-66(24-39-79)55-61(2)3)83-46-31-72(32-47-83)70-19-14-12-15-20-70)87(9,77-35-50-85(51-36-77)92-53-18-54-93(10)64(7)65(93)8)78-37-52-86(91)75(60-78)58-69-29-44-82(45-30-69)89(80-40-25-67(26-41-80)56-62(4)5)84-48-33-73(34-49-84)71-21-16-13-17-22-71/h11-17,19-52,59-62,64-65,90-91H,6,18,53-58H2,1-5,7-10H3/b74-59-,76-11+. The Morgan fingerprint density at radius 2 is 0.925 bits per heavy atom. The number of aliphatic hydroxyl groups is 1. The fourth-order valence-electron chi connectivity index (χ4n) is 13.8. The molecule has 10 aromatic rings. The molecule has 3 atom stereocenters. The molecule has 1 fully saturated rings. The maximum Gasteiger partial charge on any atom is 0.119 e. The first-order valence-corrected chi connectivity index (χ1v) is 36.4. The van der Waals surface area contributed by atoms with Crippen LogP contribution in [0.2, 0.25) is 23.7 Å². The molecule has 1 aliphatic rings. The van der Waals surface area contributed by atoms with E-state index in [1.807, 2.05) is 12.1 Å². The van der Waals surface area contributed by atoms with E-state index in [2.05, 4.69) is 327 Å². The van der Waals surface area contributed by atoms with E-state index >= 15 is 0 Å². The molecule has 93 heavy (non-hydrogen) atoms. The summed E-state index contributed by atoms with van der Waals surface area (Å²) in [6.07, 6.45) is 8.34. The van der Waals surface area contributed by atoms with Crippen LogP contribution in [0.4, 0.5) is 34.1 Å². The normalized spacial score (nSPS) is 16.2. The van der Waals surface area contributed by atoms with E-state index < -0.39 is 13.5 Å². The van der Waals surface area contributed by atoms with Crippen molar-refractivity contribution in [1.29, 1.82) is 0 Å². The van der Waals surface area contributed by atoms with Crippen LogP contribution in [0.15, 0.2) is 284 Å². The maximum atomic E-state index is 11.8. The van der Waals surface area contributed by atoms with Crippen molar-refractivity contribution in [2.45, 2.75) is 117 Å². The van der Waals surface area contributed by atoms with Crippen LogP contribution in [-0.4, -0.2) is 24.9 Å². The highest BCUT2D eigenvalue weighted by molar-refractivity contribution is 6.91. The summed E-state index contributed by atoms with van der Waals surface area (Å²) in [6.45, 7) is 25.6. The number of hydrogen-bond donors (Lipinski definition) is 2. The topological polar surface area (TPSA) is 56.2 Å². The van der Waals surface area contributed by atoms with Crippen LogP contribution in [0, 0.1) is 11.8 Å². The summed E-state index contributed by atoms with van der Waals surface area (Å²) >= 11 is 0. The summed E-state index contributed by atoms with van der Waals surface area (Å²) in [4.78, 5) is 4.63. The average Bonchev–Trinajstić information content (AvgIpc) is 1.70. The third-order valence-electron chi connectivity index (χ3n) is 19.8. The summed E-state index contributed by atoms with van der Waals surface area (Å²) in [5.41, 5.74) is 21.4. The van der Waals surface area contributed by atoms with Gasteiger partial charge in [0.1, 0.15) is 17.3 Å². The van der Waals surface area contributed by atoms with Crippen LogP contribution in [0.3, 0.4) is 0 Å². The van der Waals surface area contributed by atoms with Gasteiger partial charge in [-0.1, -0.05) is 231 Å². The Morgan fingerprint density at radius 3 is 1.33 bits per heavy atom. The number of aromatic hydroxyl groups is 1. The van der Waals surface area contributed by atoms with Gasteiger partial charge in [-0.25, -0.2) is 0 Å². The molecule has 1 saturated heterocycles. The van der Waals surface area contributed by atoms with Crippen LogP contribution < -0.4 is 14.5 Å². The summed E-state index contributed by atoms with van der Waals surface area (Å²) < 4.78 is 6.46. The van der Waals surface area contributed by atoms with Crippen molar-refractivity contribution in [3.05, 3.63) is 323 Å². The number of allylic oxidation sites excluding steroid dienone is 4. The van der Waals surface area contributed by atoms with Crippen LogP contribution in [0.1, 0.15) is 101 Å². The number of hydrogen-bond acceptors (Lipinski definition) is 5. The van der Waals surface area contributed by atoms with Gasteiger partial charge in [0.2, 0.25) is 0 Å². The van der Waals surface area contributed by atoms with Gasteiger partial charge >= 0.3 is 0 Å². The summed E-state index contributed by atoms with van der Waals surface area (Å²) in [5, 5.41) is 23.5. The summed E-state index contributed by atoms with van der Waals surface area (Å²) in [5.74, 6) is 2.22. The lowest BCUT2D eigenvalue weighted by Crippen LogP contribution is -2.26. The molecule has 11 rings (SSSR count). The number of benzene rings is 10. The zero-order chi connectivity index (χ0) is 65.2. The van der Waals surface area contributed by atoms with E-state index in [9.17, 15) is 10.2 Å². The quantitative estimate of drug-likeness (QED) is 0.0245. The zero-order valence-corrected chi connectivity index (χ0v) is 57.0. The third-order valence-corrected chi connectivity index (χ3v) is 26.1. The van der Waals surface area contributed by atoms with Gasteiger partial charge in [-0.2, -0.15) is 0 Å². The fourth-order valence-corrected chi connectivity index (χ4v) is 18.6. The first kappa shape index (κ1) is 65.1. The third kappa shape index (κ3) is 15.3. The summed E-state index contributed by atoms with van der Waals surface area (Å²) in [6, 6.07) is 89.9. The highest BCUT2D eigenvalue weighted by Gasteiger charge is 2.56. The molecule has 3 unspecified atom stereocenters. The Hall–Kier alpha value is -9.36. The van der Waals surface area contributed by atoms with Crippen LogP contribution >= 0.6 is 0 Å². The number of rotatable bonds is 26. The predicted octanol–water partition coefficient (Wildman–Crippen LogP) is 23.8. The minimum atomic E-state index is -1.16. The number of nitrogens with zero attached hydrogens (tertiary/aromatic N) is 2. The smallest absolute Gasteiger partial charge is 0.119 e. The molecule has 6 heteroatoms. The number of aliphatic hydroxyl groups excluding tert-OH is 1. The minimum absolute atomic E-state index is 0.0128. The first-order valence-electron chi connectivity index (χ1n) is 33.6. The Kier molecular flexibility index (Phi) is 20.4. The molecule has 0 bridgehead atoms. The molecule has 5 nitrogen and oxygen atoms in total. The van der Waals surface area contributed by atoms with Gasteiger partial charge < -0.3 is 24.7 Å². The molecule has 0 saturated carbocycles. The molecule has 0 aromatic heterocycles. The van der Waals surface area contributed by atoms with E-state index in [0.29, 0.717) is 36.9 Å². The zero-order valence-electron chi connectivity index (χ0n) is 56.0. The largest absolute Gasteiger partial charge is 0.508 e. The van der Waals surface area contributed by atoms with Crippen molar-refractivity contribution in [3.63, 3.8) is 0 Å². The van der Waals surface area contributed by atoms with Crippen LogP contribution in [-0.2, 0) is 31.1 Å². The first-order chi connectivity index (χ1) is 45.0. The Bertz CT molecular complexity index is 4150. The molecule has 0 aliphatic carbocycles. The van der Waals surface area contributed by atoms with Gasteiger partial charge in [-0.3, -0.25) is 0 Å². The molecular weight excluding hydrogens is 1150 g/mol.